The number of aromatic nitrogens is 1. The summed E-state index contributed by atoms with van der Waals surface area (Å²) in [7, 11) is -3.33. The molecule has 0 aliphatic carbocycles. The Labute approximate surface area is 142 Å². The van der Waals surface area contributed by atoms with Gasteiger partial charge < -0.3 is 5.32 Å². The first-order valence-electron chi connectivity index (χ1n) is 7.76. The molecule has 0 atom stereocenters. The van der Waals surface area contributed by atoms with Gasteiger partial charge in [-0.25, -0.2) is 8.42 Å². The number of thiophene rings is 1. The van der Waals surface area contributed by atoms with Crippen molar-refractivity contribution in [2.24, 2.45) is 0 Å². The normalized spacial score (nSPS) is 12.0. The molecule has 0 aliphatic rings. The van der Waals surface area contributed by atoms with Gasteiger partial charge in [0, 0.05) is 43.4 Å². The molecule has 126 valence electrons. The average molecular weight is 354 g/mol. The fraction of sp³-hybridized carbons (Fsp3) is 0.438. The van der Waals surface area contributed by atoms with Crippen LogP contribution in [0.4, 0.5) is 0 Å². The third kappa shape index (κ3) is 4.84. The lowest BCUT2D eigenvalue weighted by molar-refractivity contribution is 0.447. The van der Waals surface area contributed by atoms with E-state index in [9.17, 15) is 8.42 Å². The molecule has 2 aromatic heterocycles. The summed E-state index contributed by atoms with van der Waals surface area (Å²) >= 11 is 1.37. The molecule has 0 unspecified atom stereocenters. The van der Waals surface area contributed by atoms with Gasteiger partial charge in [-0.15, -0.1) is 11.3 Å². The Morgan fingerprint density at radius 3 is 2.48 bits per heavy atom. The van der Waals surface area contributed by atoms with Crippen molar-refractivity contribution in [2.45, 2.75) is 31.0 Å². The maximum absolute atomic E-state index is 12.4. The zero-order chi connectivity index (χ0) is 16.7. The van der Waals surface area contributed by atoms with Gasteiger partial charge >= 0.3 is 0 Å². The highest BCUT2D eigenvalue weighted by Crippen LogP contribution is 2.25. The predicted molar refractivity (Wildman–Crippen MR) is 94.1 cm³/mol. The minimum Gasteiger partial charge on any atom is -0.312 e. The zero-order valence-corrected chi connectivity index (χ0v) is 15.2. The van der Waals surface area contributed by atoms with Crippen LogP contribution in [0.2, 0.25) is 0 Å². The smallest absolute Gasteiger partial charge is 0.252 e. The Bertz CT molecular complexity index is 695. The van der Waals surface area contributed by atoms with E-state index >= 15 is 0 Å². The van der Waals surface area contributed by atoms with Gasteiger partial charge in [-0.05, 0) is 36.2 Å². The summed E-state index contributed by atoms with van der Waals surface area (Å²) in [4.78, 5) is 5.07. The fourth-order valence-electron chi connectivity index (χ4n) is 2.27. The van der Waals surface area contributed by atoms with Crippen molar-refractivity contribution in [3.05, 3.63) is 47.1 Å². The van der Waals surface area contributed by atoms with Crippen LogP contribution in [-0.4, -0.2) is 37.3 Å². The summed E-state index contributed by atoms with van der Waals surface area (Å²) in [5.41, 5.74) is 1.19. The number of nitrogens with one attached hydrogen (secondary N) is 1. The van der Waals surface area contributed by atoms with Crippen LogP contribution in [0.5, 0.6) is 0 Å². The van der Waals surface area contributed by atoms with E-state index in [2.05, 4.69) is 10.3 Å². The van der Waals surface area contributed by atoms with Gasteiger partial charge in [-0.3, -0.25) is 4.98 Å². The lowest BCUT2D eigenvalue weighted by Crippen LogP contribution is -2.29. The number of sulfonamides is 1. The minimum absolute atomic E-state index is 0.435. The highest BCUT2D eigenvalue weighted by molar-refractivity contribution is 7.91. The van der Waals surface area contributed by atoms with E-state index in [1.807, 2.05) is 32.0 Å². The van der Waals surface area contributed by atoms with Crippen molar-refractivity contribution < 1.29 is 8.42 Å². The van der Waals surface area contributed by atoms with Crippen molar-refractivity contribution in [2.75, 3.05) is 19.6 Å². The van der Waals surface area contributed by atoms with Crippen molar-refractivity contribution in [1.29, 1.82) is 0 Å². The van der Waals surface area contributed by atoms with E-state index in [0.717, 1.165) is 24.4 Å². The Balaban J connectivity index is 1.87. The SMILES string of the molecule is CCN(CC)S(=O)(=O)c1ccc(CCNCc2ccncc2)s1. The van der Waals surface area contributed by atoms with Crippen LogP contribution < -0.4 is 5.32 Å². The van der Waals surface area contributed by atoms with Crippen molar-refractivity contribution >= 4 is 21.4 Å². The number of nitrogens with zero attached hydrogens (tertiary/aromatic N) is 2. The largest absolute Gasteiger partial charge is 0.312 e. The number of hydrogen-bond acceptors (Lipinski definition) is 5. The van der Waals surface area contributed by atoms with Crippen molar-refractivity contribution in [3.63, 3.8) is 0 Å². The van der Waals surface area contributed by atoms with Gasteiger partial charge in [0.15, 0.2) is 0 Å². The molecule has 23 heavy (non-hydrogen) atoms. The maximum atomic E-state index is 12.4. The van der Waals surface area contributed by atoms with Crippen LogP contribution in [0.1, 0.15) is 24.3 Å². The van der Waals surface area contributed by atoms with Crippen LogP contribution in [0.3, 0.4) is 0 Å². The topological polar surface area (TPSA) is 62.3 Å². The van der Waals surface area contributed by atoms with E-state index < -0.39 is 10.0 Å². The molecular formula is C16H23N3O2S2. The van der Waals surface area contributed by atoms with Gasteiger partial charge in [0.05, 0.1) is 0 Å². The van der Waals surface area contributed by atoms with Crippen molar-refractivity contribution in [1.82, 2.24) is 14.6 Å². The van der Waals surface area contributed by atoms with Crippen LogP contribution in [0, 0.1) is 0 Å². The summed E-state index contributed by atoms with van der Waals surface area (Å²) in [6.45, 7) is 6.32. The monoisotopic (exact) mass is 353 g/mol. The molecule has 0 saturated heterocycles. The Morgan fingerprint density at radius 2 is 1.83 bits per heavy atom. The first-order valence-corrected chi connectivity index (χ1v) is 10.0. The molecule has 0 aromatic carbocycles. The van der Waals surface area contributed by atoms with E-state index in [4.69, 9.17) is 0 Å². The molecule has 5 nitrogen and oxygen atoms in total. The quantitative estimate of drug-likeness (QED) is 0.704. The van der Waals surface area contributed by atoms with Crippen LogP contribution >= 0.6 is 11.3 Å². The molecule has 0 fully saturated rings. The summed E-state index contributed by atoms with van der Waals surface area (Å²) in [5.74, 6) is 0. The minimum atomic E-state index is -3.33. The lowest BCUT2D eigenvalue weighted by Gasteiger charge is -2.16. The third-order valence-electron chi connectivity index (χ3n) is 3.56. The molecule has 7 heteroatoms. The number of pyridine rings is 1. The number of hydrogen-bond donors (Lipinski definition) is 1. The van der Waals surface area contributed by atoms with Crippen LogP contribution in [-0.2, 0) is 23.0 Å². The maximum Gasteiger partial charge on any atom is 0.252 e. The summed E-state index contributed by atoms with van der Waals surface area (Å²) < 4.78 is 26.8. The zero-order valence-electron chi connectivity index (χ0n) is 13.5. The van der Waals surface area contributed by atoms with Gasteiger partial charge in [0.2, 0.25) is 0 Å². The fourth-order valence-corrected chi connectivity index (χ4v) is 5.23. The van der Waals surface area contributed by atoms with Crippen LogP contribution in [0.15, 0.2) is 40.9 Å². The Kier molecular flexibility index (Phi) is 6.71. The highest BCUT2D eigenvalue weighted by Gasteiger charge is 2.23. The lowest BCUT2D eigenvalue weighted by atomic mass is 10.2. The number of rotatable bonds is 9. The molecule has 0 bridgehead atoms. The van der Waals surface area contributed by atoms with Crippen LogP contribution in [0.25, 0.3) is 0 Å². The average Bonchev–Trinajstić information content (AvgIpc) is 3.03. The first kappa shape index (κ1) is 18.1. The van der Waals surface area contributed by atoms with Gasteiger partial charge in [0.25, 0.3) is 10.0 Å². The Hall–Kier alpha value is -1.28. The second-order valence-corrected chi connectivity index (χ2v) is 8.43. The van der Waals surface area contributed by atoms with E-state index in [1.165, 1.54) is 21.2 Å². The van der Waals surface area contributed by atoms with Gasteiger partial charge in [-0.2, -0.15) is 4.31 Å². The molecule has 0 saturated carbocycles. The van der Waals surface area contributed by atoms with Crippen molar-refractivity contribution in [3.8, 4) is 0 Å². The molecule has 2 heterocycles. The molecular weight excluding hydrogens is 330 g/mol. The molecule has 0 radical (unpaired) electrons. The standard InChI is InChI=1S/C16H23N3O2S2/c1-3-19(4-2)23(20,21)16-6-5-15(22-16)9-12-18-13-14-7-10-17-11-8-14/h5-8,10-11,18H,3-4,9,12-13H2,1-2H3. The molecule has 2 rings (SSSR count). The van der Waals surface area contributed by atoms with E-state index in [1.54, 1.807) is 18.5 Å². The molecule has 1 N–H and O–H groups in total. The first-order chi connectivity index (χ1) is 11.1. The highest BCUT2D eigenvalue weighted by atomic mass is 32.2. The van der Waals surface area contributed by atoms with Gasteiger partial charge in [-0.1, -0.05) is 13.8 Å². The second-order valence-electron chi connectivity index (χ2n) is 5.09. The predicted octanol–water partition coefficient (Wildman–Crippen LogP) is 2.51. The Morgan fingerprint density at radius 1 is 1.13 bits per heavy atom. The third-order valence-corrected chi connectivity index (χ3v) is 7.23. The van der Waals surface area contributed by atoms with E-state index in [0.29, 0.717) is 17.3 Å². The molecule has 0 spiro atoms. The summed E-state index contributed by atoms with van der Waals surface area (Å²) in [5, 5.41) is 3.36. The molecule has 0 aliphatic heterocycles. The second kappa shape index (κ2) is 8.54. The summed E-state index contributed by atoms with van der Waals surface area (Å²) in [6.07, 6.45) is 4.38. The summed E-state index contributed by atoms with van der Waals surface area (Å²) in [6, 6.07) is 7.59. The molecule has 2 aromatic rings. The van der Waals surface area contributed by atoms with E-state index in [-0.39, 0.29) is 0 Å². The molecule has 0 amide bonds. The van der Waals surface area contributed by atoms with Gasteiger partial charge in [0.1, 0.15) is 4.21 Å².